The predicted octanol–water partition coefficient (Wildman–Crippen LogP) is 5.10. The summed E-state index contributed by atoms with van der Waals surface area (Å²) in [7, 11) is 2.07. The average molecular weight is 450 g/mol. The second-order valence-corrected chi connectivity index (χ2v) is 10.1. The van der Waals surface area contributed by atoms with Crippen LogP contribution in [0, 0.1) is 0 Å². The van der Waals surface area contributed by atoms with E-state index >= 15 is 0 Å². The largest absolute Gasteiger partial charge is 0.507 e. The second kappa shape index (κ2) is 9.35. The Morgan fingerprint density at radius 3 is 2.36 bits per heavy atom. The number of aliphatic hydroxyl groups excluding tert-OH is 1. The molecule has 2 heterocycles. The minimum atomic E-state index is -0.00263. The molecule has 2 aromatic rings. The van der Waals surface area contributed by atoms with Crippen LogP contribution >= 0.6 is 0 Å². The van der Waals surface area contributed by atoms with E-state index < -0.39 is 0 Å². The van der Waals surface area contributed by atoms with Crippen molar-refractivity contribution in [2.75, 3.05) is 11.9 Å². The molecule has 7 heteroatoms. The van der Waals surface area contributed by atoms with Crippen molar-refractivity contribution in [1.82, 2.24) is 15.5 Å². The van der Waals surface area contributed by atoms with Gasteiger partial charge in [-0.1, -0.05) is 6.07 Å². The van der Waals surface area contributed by atoms with Crippen molar-refractivity contribution in [2.24, 2.45) is 4.99 Å². The Morgan fingerprint density at radius 1 is 1.15 bits per heavy atom. The Bertz CT molecular complexity index is 1050. The lowest BCUT2D eigenvalue weighted by Crippen LogP contribution is -2.62. The summed E-state index contributed by atoms with van der Waals surface area (Å²) in [5.74, 6) is 0.908. The smallest absolute Gasteiger partial charge is 0.151 e. The van der Waals surface area contributed by atoms with Gasteiger partial charge in [-0.25, -0.2) is 0 Å². The lowest BCUT2D eigenvalue weighted by Gasteiger charge is -2.49. The number of benzene rings is 1. The van der Waals surface area contributed by atoms with Crippen LogP contribution in [0.2, 0.25) is 0 Å². The van der Waals surface area contributed by atoms with E-state index in [1.165, 1.54) is 6.20 Å². The first kappa shape index (κ1) is 24.5. The summed E-state index contributed by atoms with van der Waals surface area (Å²) in [6.45, 7) is 14.1. The van der Waals surface area contributed by atoms with E-state index in [0.717, 1.165) is 29.8 Å². The molecule has 1 saturated heterocycles. The van der Waals surface area contributed by atoms with Crippen LogP contribution in [0.3, 0.4) is 0 Å². The zero-order valence-corrected chi connectivity index (χ0v) is 20.4. The summed E-state index contributed by atoms with van der Waals surface area (Å²) in [6.07, 6.45) is 4.85. The maximum atomic E-state index is 10.6. The molecule has 0 unspecified atom stereocenters. The standard InChI is InChI=1S/C26H35N5O2/c1-17(12-20(32)16-27-6)18-8-9-21(23(33)13-18)22-10-11-24(29-28-22)31(7)19-14-25(2,3)30-26(4,5)15-19/h8-13,16,19,30,32-33H,6,14-15H2,1-5,7H3/b17-12+,20-16+. The maximum Gasteiger partial charge on any atom is 0.151 e. The van der Waals surface area contributed by atoms with E-state index in [0.29, 0.717) is 17.3 Å². The van der Waals surface area contributed by atoms with Gasteiger partial charge in [0.1, 0.15) is 11.5 Å². The molecule has 7 nitrogen and oxygen atoms in total. The van der Waals surface area contributed by atoms with Crippen molar-refractivity contribution in [1.29, 1.82) is 0 Å². The fraction of sp³-hybridized carbons (Fsp3) is 0.423. The van der Waals surface area contributed by atoms with Crippen molar-refractivity contribution < 1.29 is 10.2 Å². The molecule has 0 amide bonds. The molecule has 33 heavy (non-hydrogen) atoms. The summed E-state index contributed by atoms with van der Waals surface area (Å²) in [6, 6.07) is 9.51. The maximum absolute atomic E-state index is 10.6. The van der Waals surface area contributed by atoms with Gasteiger partial charge in [-0.3, -0.25) is 4.99 Å². The molecule has 0 atom stereocenters. The van der Waals surface area contributed by atoms with E-state index in [2.05, 4.69) is 66.9 Å². The van der Waals surface area contributed by atoms with Crippen molar-refractivity contribution in [3.8, 4) is 17.0 Å². The number of phenols is 1. The van der Waals surface area contributed by atoms with Crippen LogP contribution in [0.1, 0.15) is 53.0 Å². The van der Waals surface area contributed by atoms with Gasteiger partial charge in [0.25, 0.3) is 0 Å². The third kappa shape index (κ3) is 5.99. The van der Waals surface area contributed by atoms with E-state index in [1.807, 2.05) is 25.1 Å². The highest BCUT2D eigenvalue weighted by molar-refractivity contribution is 5.74. The molecule has 0 bridgehead atoms. The molecule has 1 aliphatic heterocycles. The fourth-order valence-electron chi connectivity index (χ4n) is 4.82. The topological polar surface area (TPSA) is 93.9 Å². The molecule has 0 spiro atoms. The first-order chi connectivity index (χ1) is 15.4. The van der Waals surface area contributed by atoms with Crippen LogP contribution < -0.4 is 10.2 Å². The number of allylic oxidation sites excluding steroid dienone is 2. The number of rotatable bonds is 6. The normalized spacial score (nSPS) is 18.7. The van der Waals surface area contributed by atoms with Gasteiger partial charge < -0.3 is 20.4 Å². The zero-order chi connectivity index (χ0) is 24.4. The first-order valence-corrected chi connectivity index (χ1v) is 11.1. The molecule has 176 valence electrons. The molecule has 0 radical (unpaired) electrons. The van der Waals surface area contributed by atoms with E-state index in [-0.39, 0.29) is 22.6 Å². The summed E-state index contributed by atoms with van der Waals surface area (Å²) in [4.78, 5) is 5.74. The fourth-order valence-corrected chi connectivity index (χ4v) is 4.82. The number of aromatic nitrogens is 2. The molecule has 0 aliphatic carbocycles. The summed E-state index contributed by atoms with van der Waals surface area (Å²) < 4.78 is 0. The number of anilines is 1. The molecule has 3 N–H and O–H groups in total. The monoisotopic (exact) mass is 449 g/mol. The average Bonchev–Trinajstić information content (AvgIpc) is 2.71. The first-order valence-electron chi connectivity index (χ1n) is 11.1. The molecular formula is C26H35N5O2. The lowest BCUT2D eigenvalue weighted by molar-refractivity contribution is 0.160. The second-order valence-electron chi connectivity index (χ2n) is 10.1. The Labute approximate surface area is 196 Å². The predicted molar refractivity (Wildman–Crippen MR) is 136 cm³/mol. The number of aliphatic imine (C=N–C) groups is 1. The number of hydrogen-bond donors (Lipinski definition) is 3. The van der Waals surface area contributed by atoms with Crippen molar-refractivity contribution in [2.45, 2.75) is 64.6 Å². The quantitative estimate of drug-likeness (QED) is 0.323. The molecule has 3 rings (SSSR count). The highest BCUT2D eigenvalue weighted by Gasteiger charge is 2.39. The highest BCUT2D eigenvalue weighted by atomic mass is 16.3. The zero-order valence-electron chi connectivity index (χ0n) is 20.4. The lowest BCUT2D eigenvalue weighted by atomic mass is 9.79. The van der Waals surface area contributed by atoms with Crippen LogP contribution in [0.5, 0.6) is 5.75 Å². The van der Waals surface area contributed by atoms with Crippen LogP contribution in [0.25, 0.3) is 16.8 Å². The summed E-state index contributed by atoms with van der Waals surface area (Å²) in [5.41, 5.74) is 2.85. The van der Waals surface area contributed by atoms with Crippen LogP contribution in [0.4, 0.5) is 5.82 Å². The van der Waals surface area contributed by atoms with E-state index in [1.54, 1.807) is 18.2 Å². The van der Waals surface area contributed by atoms with Gasteiger partial charge >= 0.3 is 0 Å². The number of aliphatic hydroxyl groups is 1. The number of nitrogens with zero attached hydrogens (tertiary/aromatic N) is 4. The SMILES string of the molecule is C=N/C=C(O)\C=C(/C)c1ccc(-c2ccc(N(C)C3CC(C)(C)NC(C)(C)C3)nn2)c(O)c1. The molecule has 1 aromatic heterocycles. The highest BCUT2D eigenvalue weighted by Crippen LogP contribution is 2.34. The molecule has 1 aliphatic rings. The molecule has 1 aromatic carbocycles. The third-order valence-corrected chi connectivity index (χ3v) is 6.05. The Kier molecular flexibility index (Phi) is 6.93. The number of hydrogen-bond acceptors (Lipinski definition) is 7. The van der Waals surface area contributed by atoms with E-state index in [9.17, 15) is 10.2 Å². The van der Waals surface area contributed by atoms with Gasteiger partial charge in [-0.15, -0.1) is 10.2 Å². The Hall–Kier alpha value is -3.19. The minimum absolute atomic E-state index is 0.00263. The molecule has 1 fully saturated rings. The van der Waals surface area contributed by atoms with Gasteiger partial charge in [-0.05, 0) is 95.7 Å². The van der Waals surface area contributed by atoms with Gasteiger partial charge in [0.05, 0.1) is 11.9 Å². The van der Waals surface area contributed by atoms with Gasteiger partial charge in [-0.2, -0.15) is 0 Å². The summed E-state index contributed by atoms with van der Waals surface area (Å²) in [5, 5.41) is 32.9. The van der Waals surface area contributed by atoms with Gasteiger partial charge in [0.2, 0.25) is 0 Å². The Balaban J connectivity index is 1.80. The van der Waals surface area contributed by atoms with Gasteiger partial charge in [0, 0.05) is 29.7 Å². The van der Waals surface area contributed by atoms with Crippen LogP contribution in [0.15, 0.2) is 53.4 Å². The van der Waals surface area contributed by atoms with E-state index in [4.69, 9.17) is 0 Å². The molecular weight excluding hydrogens is 414 g/mol. The minimum Gasteiger partial charge on any atom is -0.507 e. The third-order valence-electron chi connectivity index (χ3n) is 6.05. The van der Waals surface area contributed by atoms with Crippen molar-refractivity contribution >= 4 is 18.1 Å². The number of phenolic OH excluding ortho intramolecular Hbond substituents is 1. The van der Waals surface area contributed by atoms with Crippen LogP contribution in [-0.4, -0.2) is 51.3 Å². The number of piperidine rings is 1. The number of nitrogens with one attached hydrogen (secondary N) is 1. The molecule has 0 saturated carbocycles. The van der Waals surface area contributed by atoms with Gasteiger partial charge in [0.15, 0.2) is 5.82 Å². The summed E-state index contributed by atoms with van der Waals surface area (Å²) >= 11 is 0. The van der Waals surface area contributed by atoms with Crippen molar-refractivity contribution in [3.63, 3.8) is 0 Å². The van der Waals surface area contributed by atoms with Crippen LogP contribution in [-0.2, 0) is 0 Å². The number of aromatic hydroxyl groups is 1. The Morgan fingerprint density at radius 2 is 1.82 bits per heavy atom. The van der Waals surface area contributed by atoms with Crippen molar-refractivity contribution in [3.05, 3.63) is 53.9 Å².